The van der Waals surface area contributed by atoms with Crippen LogP contribution in [0.1, 0.15) is 54.1 Å². The van der Waals surface area contributed by atoms with Gasteiger partial charge in [0.25, 0.3) is 5.91 Å². The highest BCUT2D eigenvalue weighted by Gasteiger charge is 2.18. The monoisotopic (exact) mass is 340 g/mol. The number of hydrogen-bond donors (Lipinski definition) is 1. The van der Waals surface area contributed by atoms with Gasteiger partial charge >= 0.3 is 0 Å². The molecule has 1 N–H and O–H groups in total. The van der Waals surface area contributed by atoms with Gasteiger partial charge in [0.15, 0.2) is 5.82 Å². The number of amides is 1. The number of carbonyl (C=O) groups excluding carboxylic acids is 1. The fraction of sp³-hybridized carbons (Fsp3) is 0.556. The lowest BCUT2D eigenvalue weighted by molar-refractivity contribution is 0.0949. The van der Waals surface area contributed by atoms with E-state index in [1.54, 1.807) is 6.20 Å². The van der Waals surface area contributed by atoms with E-state index in [9.17, 15) is 4.79 Å². The van der Waals surface area contributed by atoms with E-state index in [1.807, 2.05) is 12.1 Å². The van der Waals surface area contributed by atoms with Crippen molar-refractivity contribution in [3.63, 3.8) is 0 Å². The minimum absolute atomic E-state index is 0.120. The average molecular weight is 340 g/mol. The smallest absolute Gasteiger partial charge is 0.253 e. The Bertz CT molecular complexity index is 731. The quantitative estimate of drug-likeness (QED) is 0.920. The van der Waals surface area contributed by atoms with Crippen molar-refractivity contribution in [3.05, 3.63) is 35.5 Å². The van der Waals surface area contributed by atoms with E-state index in [0.717, 1.165) is 49.9 Å². The van der Waals surface area contributed by atoms with Gasteiger partial charge in [-0.2, -0.15) is 0 Å². The molecule has 1 amide bonds. The molecule has 132 valence electrons. The second kappa shape index (κ2) is 7.21. The van der Waals surface area contributed by atoms with Crippen LogP contribution >= 0.6 is 0 Å². The van der Waals surface area contributed by atoms with E-state index in [-0.39, 0.29) is 5.91 Å². The Balaban J connectivity index is 1.37. The molecule has 2 aliphatic heterocycles. The van der Waals surface area contributed by atoms with Crippen LogP contribution < -0.4 is 10.2 Å². The first-order valence-corrected chi connectivity index (χ1v) is 9.21. The first-order valence-electron chi connectivity index (χ1n) is 9.21. The zero-order valence-corrected chi connectivity index (χ0v) is 14.4. The number of fused-ring (bicyclic) bond motifs is 1. The summed E-state index contributed by atoms with van der Waals surface area (Å²) in [6.45, 7) is 3.45. The highest BCUT2D eigenvalue weighted by atomic mass is 16.1. The molecule has 0 unspecified atom stereocenters. The van der Waals surface area contributed by atoms with Crippen molar-refractivity contribution in [1.29, 1.82) is 0 Å². The van der Waals surface area contributed by atoms with Gasteiger partial charge in [0.05, 0.1) is 12.1 Å². The van der Waals surface area contributed by atoms with Crippen LogP contribution in [0.2, 0.25) is 0 Å². The topological polar surface area (TPSA) is 75.9 Å². The maximum Gasteiger partial charge on any atom is 0.253 e. The number of rotatable bonds is 4. The van der Waals surface area contributed by atoms with Crippen LogP contribution in [0.25, 0.3) is 0 Å². The Morgan fingerprint density at radius 2 is 1.88 bits per heavy atom. The molecule has 7 heteroatoms. The van der Waals surface area contributed by atoms with E-state index in [4.69, 9.17) is 0 Å². The molecule has 0 aromatic carbocycles. The summed E-state index contributed by atoms with van der Waals surface area (Å²) in [5, 5.41) is 11.2. The first-order chi connectivity index (χ1) is 12.3. The standard InChI is InChI=1S/C18H24N6O/c25-18(20-13-17-22-21-16-6-5-11-24(16)17)14-7-8-15(19-12-14)23-9-3-1-2-4-10-23/h7-8,12H,1-6,9-11,13H2,(H,20,25). The molecular formula is C18H24N6O. The predicted octanol–water partition coefficient (Wildman–Crippen LogP) is 1.93. The van der Waals surface area contributed by atoms with Crippen molar-refractivity contribution in [2.75, 3.05) is 18.0 Å². The third-order valence-corrected chi connectivity index (χ3v) is 5.03. The number of nitrogens with one attached hydrogen (secondary N) is 1. The van der Waals surface area contributed by atoms with Crippen molar-refractivity contribution < 1.29 is 4.79 Å². The zero-order valence-electron chi connectivity index (χ0n) is 14.4. The molecule has 4 heterocycles. The maximum atomic E-state index is 12.4. The fourth-order valence-corrected chi connectivity index (χ4v) is 3.61. The van der Waals surface area contributed by atoms with Crippen LogP contribution in [0.4, 0.5) is 5.82 Å². The van der Waals surface area contributed by atoms with Gasteiger partial charge in [-0.3, -0.25) is 4.79 Å². The van der Waals surface area contributed by atoms with Gasteiger partial charge < -0.3 is 14.8 Å². The molecule has 2 aromatic rings. The molecule has 0 bridgehead atoms. The van der Waals surface area contributed by atoms with Crippen molar-refractivity contribution in [3.8, 4) is 0 Å². The number of carbonyl (C=O) groups is 1. The molecule has 1 saturated heterocycles. The Morgan fingerprint density at radius 3 is 2.64 bits per heavy atom. The van der Waals surface area contributed by atoms with Crippen LogP contribution in [-0.4, -0.2) is 38.7 Å². The fourth-order valence-electron chi connectivity index (χ4n) is 3.61. The highest BCUT2D eigenvalue weighted by Crippen LogP contribution is 2.18. The molecule has 2 aromatic heterocycles. The third kappa shape index (κ3) is 3.50. The summed E-state index contributed by atoms with van der Waals surface area (Å²) >= 11 is 0. The largest absolute Gasteiger partial charge is 0.357 e. The molecule has 0 spiro atoms. The summed E-state index contributed by atoms with van der Waals surface area (Å²) < 4.78 is 2.10. The van der Waals surface area contributed by atoms with Crippen LogP contribution in [0.5, 0.6) is 0 Å². The van der Waals surface area contributed by atoms with E-state index in [1.165, 1.54) is 25.7 Å². The van der Waals surface area contributed by atoms with Crippen molar-refractivity contribution in [2.24, 2.45) is 0 Å². The van der Waals surface area contributed by atoms with E-state index in [2.05, 4.69) is 30.0 Å². The lowest BCUT2D eigenvalue weighted by Crippen LogP contribution is -2.26. The second-order valence-corrected chi connectivity index (χ2v) is 6.78. The van der Waals surface area contributed by atoms with Crippen LogP contribution in [-0.2, 0) is 19.5 Å². The Kier molecular flexibility index (Phi) is 4.63. The van der Waals surface area contributed by atoms with Crippen molar-refractivity contribution in [2.45, 2.75) is 51.6 Å². The summed E-state index contributed by atoms with van der Waals surface area (Å²) in [5.41, 5.74) is 0.583. The summed E-state index contributed by atoms with van der Waals surface area (Å²) in [6.07, 6.45) is 8.77. The van der Waals surface area contributed by atoms with E-state index < -0.39 is 0 Å². The predicted molar refractivity (Wildman–Crippen MR) is 94.4 cm³/mol. The molecule has 1 fully saturated rings. The SMILES string of the molecule is O=C(NCc1nnc2n1CCC2)c1ccc(N2CCCCCC2)nc1. The summed E-state index contributed by atoms with van der Waals surface area (Å²) in [7, 11) is 0. The van der Waals surface area contributed by atoms with Gasteiger partial charge in [-0.25, -0.2) is 4.98 Å². The molecule has 0 saturated carbocycles. The van der Waals surface area contributed by atoms with Gasteiger partial charge in [-0.15, -0.1) is 10.2 Å². The zero-order chi connectivity index (χ0) is 17.1. The minimum atomic E-state index is -0.120. The van der Waals surface area contributed by atoms with E-state index in [0.29, 0.717) is 12.1 Å². The second-order valence-electron chi connectivity index (χ2n) is 6.78. The number of aryl methyl sites for hydroxylation is 1. The van der Waals surface area contributed by atoms with Crippen molar-refractivity contribution in [1.82, 2.24) is 25.1 Å². The number of anilines is 1. The van der Waals surface area contributed by atoms with Gasteiger partial charge in [0, 0.05) is 32.3 Å². The maximum absolute atomic E-state index is 12.4. The number of nitrogens with zero attached hydrogens (tertiary/aromatic N) is 5. The van der Waals surface area contributed by atoms with Gasteiger partial charge in [0.2, 0.25) is 0 Å². The highest BCUT2D eigenvalue weighted by molar-refractivity contribution is 5.93. The molecule has 0 radical (unpaired) electrons. The summed E-state index contributed by atoms with van der Waals surface area (Å²) in [6, 6.07) is 3.81. The molecule has 25 heavy (non-hydrogen) atoms. The Morgan fingerprint density at radius 1 is 1.04 bits per heavy atom. The molecule has 4 rings (SSSR count). The molecular weight excluding hydrogens is 316 g/mol. The first kappa shape index (κ1) is 16.1. The molecule has 7 nitrogen and oxygen atoms in total. The van der Waals surface area contributed by atoms with Gasteiger partial charge in [0.1, 0.15) is 11.6 Å². The number of pyridine rings is 1. The molecule has 2 aliphatic rings. The number of aromatic nitrogens is 4. The van der Waals surface area contributed by atoms with E-state index >= 15 is 0 Å². The lowest BCUT2D eigenvalue weighted by atomic mass is 10.2. The number of hydrogen-bond acceptors (Lipinski definition) is 5. The minimum Gasteiger partial charge on any atom is -0.357 e. The van der Waals surface area contributed by atoms with Crippen LogP contribution in [0.3, 0.4) is 0 Å². The average Bonchev–Trinajstić information content (AvgIpc) is 3.15. The Labute approximate surface area is 147 Å². The van der Waals surface area contributed by atoms with Crippen molar-refractivity contribution >= 4 is 11.7 Å². The summed E-state index contributed by atoms with van der Waals surface area (Å²) in [5.74, 6) is 2.70. The lowest BCUT2D eigenvalue weighted by Gasteiger charge is -2.21. The third-order valence-electron chi connectivity index (χ3n) is 5.03. The summed E-state index contributed by atoms with van der Waals surface area (Å²) in [4.78, 5) is 19.2. The Hall–Kier alpha value is -2.44. The van der Waals surface area contributed by atoms with Crippen LogP contribution in [0.15, 0.2) is 18.3 Å². The molecule has 0 aliphatic carbocycles. The van der Waals surface area contributed by atoms with Crippen LogP contribution in [0, 0.1) is 0 Å². The van der Waals surface area contributed by atoms with Gasteiger partial charge in [-0.05, 0) is 31.4 Å². The normalized spacial score (nSPS) is 17.2. The van der Waals surface area contributed by atoms with Gasteiger partial charge in [-0.1, -0.05) is 12.8 Å². The molecule has 0 atom stereocenters.